The predicted molar refractivity (Wildman–Crippen MR) is 65.1 cm³/mol. The lowest BCUT2D eigenvalue weighted by Crippen LogP contribution is -2.01. The molecule has 0 unspecified atom stereocenters. The van der Waals surface area contributed by atoms with Crippen LogP contribution in [0.1, 0.15) is 15.9 Å². The molecule has 86 valence electrons. The summed E-state index contributed by atoms with van der Waals surface area (Å²) >= 11 is 0. The van der Waals surface area contributed by atoms with Gasteiger partial charge >= 0.3 is 0 Å². The Morgan fingerprint density at radius 2 is 2.00 bits per heavy atom. The van der Waals surface area contributed by atoms with Crippen molar-refractivity contribution >= 4 is 12.1 Å². The van der Waals surface area contributed by atoms with Gasteiger partial charge in [0.05, 0.1) is 0 Å². The fourth-order valence-electron chi connectivity index (χ4n) is 1.42. The van der Waals surface area contributed by atoms with Crippen molar-refractivity contribution in [1.82, 2.24) is 4.98 Å². The molecule has 0 amide bonds. The van der Waals surface area contributed by atoms with E-state index in [4.69, 9.17) is 5.11 Å². The van der Waals surface area contributed by atoms with Gasteiger partial charge in [0.15, 0.2) is 0 Å². The van der Waals surface area contributed by atoms with Gasteiger partial charge in [-0.15, -0.1) is 0 Å². The molecule has 0 radical (unpaired) electrons. The van der Waals surface area contributed by atoms with Gasteiger partial charge in [-0.1, -0.05) is 12.1 Å². The van der Waals surface area contributed by atoms with Gasteiger partial charge in [0.1, 0.15) is 17.9 Å². The number of phenols is 1. The molecule has 0 atom stereocenters. The number of hydrogen-bond acceptors (Lipinski definition) is 4. The largest absolute Gasteiger partial charge is 0.508 e. The first-order valence-corrected chi connectivity index (χ1v) is 5.21. The Morgan fingerprint density at radius 1 is 1.24 bits per heavy atom. The van der Waals surface area contributed by atoms with Crippen molar-refractivity contribution in [2.75, 3.05) is 5.32 Å². The first kappa shape index (κ1) is 11.1. The molecular formula is C13H12N2O2. The Balaban J connectivity index is 2.01. The Kier molecular flexibility index (Phi) is 3.35. The minimum atomic E-state index is 0.245. The molecule has 0 aliphatic carbocycles. The molecule has 0 spiro atoms. The second-order valence-corrected chi connectivity index (χ2v) is 3.61. The zero-order valence-electron chi connectivity index (χ0n) is 9.13. The average Bonchev–Trinajstić information content (AvgIpc) is 2.38. The number of aldehydes is 1. The molecule has 4 heteroatoms. The van der Waals surface area contributed by atoms with Crippen LogP contribution < -0.4 is 5.32 Å². The summed E-state index contributed by atoms with van der Waals surface area (Å²) in [6.07, 6.45) is 2.37. The van der Waals surface area contributed by atoms with Gasteiger partial charge in [-0.3, -0.25) is 4.79 Å². The molecule has 0 aliphatic heterocycles. The number of nitrogens with one attached hydrogen (secondary N) is 1. The van der Waals surface area contributed by atoms with E-state index in [9.17, 15) is 4.79 Å². The second-order valence-electron chi connectivity index (χ2n) is 3.61. The topological polar surface area (TPSA) is 62.2 Å². The summed E-state index contributed by atoms with van der Waals surface area (Å²) < 4.78 is 0. The summed E-state index contributed by atoms with van der Waals surface area (Å²) in [5, 5.41) is 12.2. The number of aromatic hydroxyl groups is 1. The van der Waals surface area contributed by atoms with Crippen LogP contribution in [0.3, 0.4) is 0 Å². The first-order chi connectivity index (χ1) is 8.28. The molecule has 2 N–H and O–H groups in total. The number of rotatable bonds is 4. The minimum Gasteiger partial charge on any atom is -0.508 e. The monoisotopic (exact) mass is 228 g/mol. The number of carbonyl (C=O) groups excluding carboxylic acids is 1. The van der Waals surface area contributed by atoms with Crippen molar-refractivity contribution in [1.29, 1.82) is 0 Å². The van der Waals surface area contributed by atoms with Crippen molar-refractivity contribution in [2.24, 2.45) is 0 Å². The maximum absolute atomic E-state index is 10.6. The van der Waals surface area contributed by atoms with Crippen LogP contribution >= 0.6 is 0 Å². The van der Waals surface area contributed by atoms with Gasteiger partial charge in [-0.2, -0.15) is 0 Å². The number of hydrogen-bond donors (Lipinski definition) is 2. The molecule has 1 aromatic carbocycles. The van der Waals surface area contributed by atoms with Gasteiger partial charge in [0.2, 0.25) is 0 Å². The number of pyridine rings is 1. The van der Waals surface area contributed by atoms with E-state index in [0.717, 1.165) is 11.8 Å². The lowest BCUT2D eigenvalue weighted by molar-refractivity contribution is 0.112. The van der Waals surface area contributed by atoms with Crippen LogP contribution in [-0.4, -0.2) is 16.4 Å². The molecule has 0 saturated carbocycles. The third-order valence-electron chi connectivity index (χ3n) is 2.33. The quantitative estimate of drug-likeness (QED) is 0.787. The fraction of sp³-hybridized carbons (Fsp3) is 0.0769. The molecule has 0 fully saturated rings. The van der Waals surface area contributed by atoms with E-state index in [1.54, 1.807) is 30.5 Å². The number of carbonyl (C=O) groups is 1. The van der Waals surface area contributed by atoms with Crippen LogP contribution in [-0.2, 0) is 6.54 Å². The zero-order valence-corrected chi connectivity index (χ0v) is 9.13. The van der Waals surface area contributed by atoms with E-state index in [2.05, 4.69) is 10.3 Å². The third kappa shape index (κ3) is 3.04. The number of anilines is 1. The van der Waals surface area contributed by atoms with Crippen molar-refractivity contribution in [2.45, 2.75) is 6.54 Å². The van der Waals surface area contributed by atoms with Crippen LogP contribution in [0.5, 0.6) is 5.75 Å². The number of benzene rings is 1. The van der Waals surface area contributed by atoms with Crippen molar-refractivity contribution in [3.05, 3.63) is 53.7 Å². The molecule has 1 heterocycles. The highest BCUT2D eigenvalue weighted by molar-refractivity contribution is 5.75. The van der Waals surface area contributed by atoms with E-state index in [1.165, 1.54) is 0 Å². The van der Waals surface area contributed by atoms with Crippen molar-refractivity contribution in [3.8, 4) is 5.75 Å². The molecule has 0 bridgehead atoms. The summed E-state index contributed by atoms with van der Waals surface area (Å²) in [5.74, 6) is 0.900. The van der Waals surface area contributed by atoms with E-state index >= 15 is 0 Å². The molecule has 17 heavy (non-hydrogen) atoms. The lowest BCUT2D eigenvalue weighted by atomic mass is 10.2. The summed E-state index contributed by atoms with van der Waals surface area (Å²) in [5.41, 5.74) is 1.62. The maximum Gasteiger partial charge on any atom is 0.150 e. The molecule has 2 rings (SSSR count). The Hall–Kier alpha value is -2.36. The van der Waals surface area contributed by atoms with Crippen LogP contribution in [0.15, 0.2) is 42.6 Å². The van der Waals surface area contributed by atoms with Crippen molar-refractivity contribution < 1.29 is 9.90 Å². The number of aromatic nitrogens is 1. The van der Waals surface area contributed by atoms with Crippen LogP contribution in [0.4, 0.5) is 5.82 Å². The number of phenolic OH excluding ortho intramolecular Hbond substituents is 1. The molecular weight excluding hydrogens is 216 g/mol. The second kappa shape index (κ2) is 5.12. The summed E-state index contributed by atoms with van der Waals surface area (Å²) in [6, 6.07) is 10.3. The summed E-state index contributed by atoms with van der Waals surface area (Å²) in [6.45, 7) is 0.593. The van der Waals surface area contributed by atoms with Crippen molar-refractivity contribution in [3.63, 3.8) is 0 Å². The average molecular weight is 228 g/mol. The van der Waals surface area contributed by atoms with Crippen LogP contribution in [0.2, 0.25) is 0 Å². The Bertz CT molecular complexity index is 509. The van der Waals surface area contributed by atoms with Gasteiger partial charge in [-0.05, 0) is 29.8 Å². The number of nitrogens with zero attached hydrogens (tertiary/aromatic N) is 1. The molecule has 0 aliphatic rings. The highest BCUT2D eigenvalue weighted by Crippen LogP contribution is 2.11. The lowest BCUT2D eigenvalue weighted by Gasteiger charge is -2.05. The normalized spacial score (nSPS) is 9.88. The van der Waals surface area contributed by atoms with Gasteiger partial charge in [0.25, 0.3) is 0 Å². The Morgan fingerprint density at radius 3 is 2.71 bits per heavy atom. The van der Waals surface area contributed by atoms with E-state index in [1.807, 2.05) is 12.1 Å². The van der Waals surface area contributed by atoms with Gasteiger partial charge in [-0.25, -0.2) is 4.98 Å². The fourth-order valence-corrected chi connectivity index (χ4v) is 1.42. The Labute approximate surface area is 98.9 Å². The predicted octanol–water partition coefficient (Wildman–Crippen LogP) is 2.21. The minimum absolute atomic E-state index is 0.245. The standard InChI is InChI=1S/C13H12N2O2/c16-9-11-5-6-14-13(7-11)15-8-10-1-3-12(17)4-2-10/h1-7,9,17H,8H2,(H,14,15). The first-order valence-electron chi connectivity index (χ1n) is 5.21. The van der Waals surface area contributed by atoms with Gasteiger partial charge < -0.3 is 10.4 Å². The summed E-state index contributed by atoms with van der Waals surface area (Å²) in [4.78, 5) is 14.7. The SMILES string of the molecule is O=Cc1ccnc(NCc2ccc(O)cc2)c1. The van der Waals surface area contributed by atoms with E-state index in [0.29, 0.717) is 17.9 Å². The van der Waals surface area contributed by atoms with Gasteiger partial charge in [0, 0.05) is 18.3 Å². The van der Waals surface area contributed by atoms with Crippen LogP contribution in [0, 0.1) is 0 Å². The van der Waals surface area contributed by atoms with E-state index in [-0.39, 0.29) is 5.75 Å². The third-order valence-corrected chi connectivity index (χ3v) is 2.33. The summed E-state index contributed by atoms with van der Waals surface area (Å²) in [7, 11) is 0. The maximum atomic E-state index is 10.6. The smallest absolute Gasteiger partial charge is 0.150 e. The molecule has 0 saturated heterocycles. The molecule has 2 aromatic rings. The highest BCUT2D eigenvalue weighted by atomic mass is 16.3. The highest BCUT2D eigenvalue weighted by Gasteiger charge is 1.97. The van der Waals surface area contributed by atoms with Crippen LogP contribution in [0.25, 0.3) is 0 Å². The molecule has 4 nitrogen and oxygen atoms in total. The zero-order chi connectivity index (χ0) is 12.1. The molecule has 1 aromatic heterocycles. The van der Waals surface area contributed by atoms with E-state index < -0.39 is 0 Å².